The number of nitrogens with zero attached hydrogens (tertiary/aromatic N) is 1. The van der Waals surface area contributed by atoms with Crippen LogP contribution >= 0.6 is 0 Å². The van der Waals surface area contributed by atoms with Gasteiger partial charge in [-0.3, -0.25) is 9.59 Å². The second-order valence-corrected chi connectivity index (χ2v) is 7.48. The summed E-state index contributed by atoms with van der Waals surface area (Å²) in [5.41, 5.74) is 1.49. The SMILES string of the molecule is CC1CC1C(=O)Nc1ccc(C(=O)N2C3CCNCC2CC3)cc1. The van der Waals surface area contributed by atoms with Crippen molar-refractivity contribution in [2.45, 2.75) is 44.7 Å². The topological polar surface area (TPSA) is 61.4 Å². The number of benzene rings is 1. The molecule has 1 aromatic carbocycles. The normalized spacial score (nSPS) is 31.5. The quantitative estimate of drug-likeness (QED) is 0.895. The molecule has 3 aliphatic rings. The molecule has 5 nitrogen and oxygen atoms in total. The van der Waals surface area contributed by atoms with Gasteiger partial charge in [-0.15, -0.1) is 0 Å². The van der Waals surface area contributed by atoms with Crippen LogP contribution in [0.1, 0.15) is 43.0 Å². The summed E-state index contributed by atoms with van der Waals surface area (Å²) >= 11 is 0. The van der Waals surface area contributed by atoms with Crippen molar-refractivity contribution in [2.24, 2.45) is 11.8 Å². The maximum atomic E-state index is 12.9. The first-order chi connectivity index (χ1) is 11.6. The second-order valence-electron chi connectivity index (χ2n) is 7.48. The number of hydrogen-bond acceptors (Lipinski definition) is 3. The highest BCUT2D eigenvalue weighted by atomic mass is 16.2. The van der Waals surface area contributed by atoms with Crippen molar-refractivity contribution in [3.05, 3.63) is 29.8 Å². The van der Waals surface area contributed by atoms with Crippen LogP contribution in [-0.4, -0.2) is 41.9 Å². The lowest BCUT2D eigenvalue weighted by atomic mass is 10.1. The molecule has 1 saturated carbocycles. The lowest BCUT2D eigenvalue weighted by Crippen LogP contribution is -2.42. The molecule has 0 radical (unpaired) electrons. The summed E-state index contributed by atoms with van der Waals surface area (Å²) in [5, 5.41) is 6.37. The van der Waals surface area contributed by atoms with E-state index in [1.54, 1.807) is 0 Å². The van der Waals surface area contributed by atoms with Crippen molar-refractivity contribution >= 4 is 17.5 Å². The summed E-state index contributed by atoms with van der Waals surface area (Å²) in [6.07, 6.45) is 4.23. The molecule has 1 aromatic rings. The smallest absolute Gasteiger partial charge is 0.254 e. The molecule has 4 atom stereocenters. The van der Waals surface area contributed by atoms with Crippen molar-refractivity contribution in [2.75, 3.05) is 18.4 Å². The number of rotatable bonds is 3. The summed E-state index contributed by atoms with van der Waals surface area (Å²) < 4.78 is 0. The van der Waals surface area contributed by atoms with E-state index >= 15 is 0 Å². The Morgan fingerprint density at radius 1 is 1.12 bits per heavy atom. The Labute approximate surface area is 142 Å². The molecule has 1 aliphatic carbocycles. The third-order valence-electron chi connectivity index (χ3n) is 5.73. The van der Waals surface area contributed by atoms with Gasteiger partial charge in [0.15, 0.2) is 0 Å². The number of hydrogen-bond donors (Lipinski definition) is 2. The van der Waals surface area contributed by atoms with Gasteiger partial charge >= 0.3 is 0 Å². The van der Waals surface area contributed by atoms with Gasteiger partial charge < -0.3 is 15.5 Å². The van der Waals surface area contributed by atoms with Crippen molar-refractivity contribution < 1.29 is 9.59 Å². The highest BCUT2D eigenvalue weighted by molar-refractivity contribution is 5.97. The second kappa shape index (κ2) is 6.20. The van der Waals surface area contributed by atoms with E-state index in [4.69, 9.17) is 0 Å². The zero-order chi connectivity index (χ0) is 16.7. The first kappa shape index (κ1) is 15.6. The van der Waals surface area contributed by atoms with Gasteiger partial charge in [-0.2, -0.15) is 0 Å². The molecule has 2 heterocycles. The van der Waals surface area contributed by atoms with Crippen LogP contribution in [0.15, 0.2) is 24.3 Å². The molecular formula is C19H25N3O2. The Balaban J connectivity index is 1.44. The van der Waals surface area contributed by atoms with Crippen LogP contribution in [0, 0.1) is 11.8 Å². The van der Waals surface area contributed by atoms with Crippen LogP contribution in [0.2, 0.25) is 0 Å². The molecule has 128 valence electrons. The minimum Gasteiger partial charge on any atom is -0.331 e. The van der Waals surface area contributed by atoms with E-state index in [0.29, 0.717) is 23.6 Å². The number of nitrogens with one attached hydrogen (secondary N) is 2. The Morgan fingerprint density at radius 3 is 2.54 bits per heavy atom. The van der Waals surface area contributed by atoms with Gasteiger partial charge in [0.25, 0.3) is 5.91 Å². The molecule has 2 N–H and O–H groups in total. The minimum absolute atomic E-state index is 0.0956. The standard InChI is InChI=1S/C19H25N3O2/c1-12-10-17(12)18(23)21-14-4-2-13(3-5-14)19(24)22-15-6-7-16(22)11-20-9-8-15/h2-5,12,15-17,20H,6-11H2,1H3,(H,21,23). The fourth-order valence-corrected chi connectivity index (χ4v) is 4.08. The van der Waals surface area contributed by atoms with Gasteiger partial charge in [0.1, 0.15) is 0 Å². The fourth-order valence-electron chi connectivity index (χ4n) is 4.08. The van der Waals surface area contributed by atoms with E-state index < -0.39 is 0 Å². The molecule has 5 heteroatoms. The number of fused-ring (bicyclic) bond motifs is 2. The minimum atomic E-state index is 0.0956. The van der Waals surface area contributed by atoms with E-state index in [1.807, 2.05) is 24.3 Å². The average molecular weight is 327 g/mol. The van der Waals surface area contributed by atoms with Crippen LogP contribution in [-0.2, 0) is 4.79 Å². The predicted octanol–water partition coefficient (Wildman–Crippen LogP) is 2.25. The fraction of sp³-hybridized carbons (Fsp3) is 0.579. The Kier molecular flexibility index (Phi) is 4.04. The zero-order valence-electron chi connectivity index (χ0n) is 14.1. The first-order valence-corrected chi connectivity index (χ1v) is 9.08. The highest BCUT2D eigenvalue weighted by Crippen LogP contribution is 2.38. The summed E-state index contributed by atoms with van der Waals surface area (Å²) in [6.45, 7) is 3.99. The van der Waals surface area contributed by atoms with E-state index in [0.717, 1.165) is 44.5 Å². The van der Waals surface area contributed by atoms with Crippen LogP contribution in [0.4, 0.5) is 5.69 Å². The maximum Gasteiger partial charge on any atom is 0.254 e. The largest absolute Gasteiger partial charge is 0.331 e. The number of amides is 2. The van der Waals surface area contributed by atoms with Crippen molar-refractivity contribution in [3.63, 3.8) is 0 Å². The first-order valence-electron chi connectivity index (χ1n) is 9.08. The summed E-state index contributed by atoms with van der Waals surface area (Å²) in [6, 6.07) is 8.05. The Morgan fingerprint density at radius 2 is 1.83 bits per heavy atom. The highest BCUT2D eigenvalue weighted by Gasteiger charge is 2.39. The van der Waals surface area contributed by atoms with Crippen LogP contribution in [0.25, 0.3) is 0 Å². The van der Waals surface area contributed by atoms with Crippen molar-refractivity contribution in [1.82, 2.24) is 10.2 Å². The zero-order valence-corrected chi connectivity index (χ0v) is 14.1. The third kappa shape index (κ3) is 2.93. The summed E-state index contributed by atoms with van der Waals surface area (Å²) in [4.78, 5) is 27.0. The lowest BCUT2D eigenvalue weighted by Gasteiger charge is -2.28. The van der Waals surface area contributed by atoms with E-state index in [9.17, 15) is 9.59 Å². The average Bonchev–Trinajstić information content (AvgIpc) is 3.21. The van der Waals surface area contributed by atoms with E-state index in [1.165, 1.54) is 0 Å². The van der Waals surface area contributed by atoms with Crippen LogP contribution in [0.5, 0.6) is 0 Å². The number of anilines is 1. The molecule has 3 fully saturated rings. The lowest BCUT2D eigenvalue weighted by molar-refractivity contribution is -0.117. The Hall–Kier alpha value is -1.88. The maximum absolute atomic E-state index is 12.9. The molecule has 2 bridgehead atoms. The van der Waals surface area contributed by atoms with E-state index in [-0.39, 0.29) is 17.7 Å². The molecule has 0 aromatic heterocycles. The van der Waals surface area contributed by atoms with E-state index in [2.05, 4.69) is 22.5 Å². The van der Waals surface area contributed by atoms with Gasteiger partial charge in [0.05, 0.1) is 0 Å². The van der Waals surface area contributed by atoms with Gasteiger partial charge in [0.2, 0.25) is 5.91 Å². The molecule has 24 heavy (non-hydrogen) atoms. The van der Waals surface area contributed by atoms with Gasteiger partial charge in [-0.1, -0.05) is 6.92 Å². The molecule has 2 saturated heterocycles. The van der Waals surface area contributed by atoms with Crippen molar-refractivity contribution in [3.8, 4) is 0 Å². The third-order valence-corrected chi connectivity index (χ3v) is 5.73. The van der Waals surface area contributed by atoms with Crippen LogP contribution < -0.4 is 10.6 Å². The van der Waals surface area contributed by atoms with Gasteiger partial charge in [0, 0.05) is 35.8 Å². The monoisotopic (exact) mass is 327 g/mol. The molecular weight excluding hydrogens is 302 g/mol. The molecule has 2 aliphatic heterocycles. The Bertz CT molecular complexity index is 629. The van der Waals surface area contributed by atoms with Gasteiger partial charge in [-0.25, -0.2) is 0 Å². The molecule has 4 rings (SSSR count). The summed E-state index contributed by atoms with van der Waals surface area (Å²) in [5.74, 6) is 0.877. The van der Waals surface area contributed by atoms with Crippen molar-refractivity contribution in [1.29, 1.82) is 0 Å². The predicted molar refractivity (Wildman–Crippen MR) is 92.8 cm³/mol. The number of carbonyl (C=O) groups excluding carboxylic acids is 2. The van der Waals surface area contributed by atoms with Gasteiger partial charge in [-0.05, 0) is 62.4 Å². The van der Waals surface area contributed by atoms with Crippen LogP contribution in [0.3, 0.4) is 0 Å². The molecule has 2 amide bonds. The summed E-state index contributed by atoms with van der Waals surface area (Å²) in [7, 11) is 0. The number of carbonyl (C=O) groups is 2. The molecule has 0 spiro atoms. The molecule has 4 unspecified atom stereocenters.